The predicted octanol–water partition coefficient (Wildman–Crippen LogP) is 3.48. The molecule has 80 valence electrons. The molecule has 0 spiro atoms. The first-order valence-electron chi connectivity index (χ1n) is 5.56. The Morgan fingerprint density at radius 1 is 1.44 bits per heavy atom. The molecule has 0 aromatic heterocycles. The molecule has 16 heavy (non-hydrogen) atoms. The molecule has 0 bridgehead atoms. The largest absolute Gasteiger partial charge is 0.256 e. The zero-order valence-electron chi connectivity index (χ0n) is 8.78. The van der Waals surface area contributed by atoms with Crippen molar-refractivity contribution in [3.05, 3.63) is 34.0 Å². The molecular formula is C13H11BrN2. The third-order valence-corrected chi connectivity index (χ3v) is 3.97. The highest BCUT2D eigenvalue weighted by Crippen LogP contribution is 2.42. The van der Waals surface area contributed by atoms with Gasteiger partial charge in [0.05, 0.1) is 23.4 Å². The lowest BCUT2D eigenvalue weighted by Crippen LogP contribution is -2.14. The minimum Gasteiger partial charge on any atom is -0.256 e. The van der Waals surface area contributed by atoms with Crippen molar-refractivity contribution >= 4 is 21.6 Å². The Morgan fingerprint density at radius 3 is 3.12 bits per heavy atom. The van der Waals surface area contributed by atoms with Crippen LogP contribution in [-0.4, -0.2) is 5.71 Å². The van der Waals surface area contributed by atoms with Crippen LogP contribution < -0.4 is 0 Å². The van der Waals surface area contributed by atoms with Crippen molar-refractivity contribution in [1.82, 2.24) is 0 Å². The van der Waals surface area contributed by atoms with E-state index in [2.05, 4.69) is 39.1 Å². The van der Waals surface area contributed by atoms with Gasteiger partial charge in [-0.1, -0.05) is 22.0 Å². The molecule has 1 heterocycles. The van der Waals surface area contributed by atoms with Gasteiger partial charge < -0.3 is 0 Å². The molecule has 0 fully saturated rings. The summed E-state index contributed by atoms with van der Waals surface area (Å²) in [4.78, 5) is 4.64. The van der Waals surface area contributed by atoms with Crippen molar-refractivity contribution in [3.8, 4) is 6.07 Å². The van der Waals surface area contributed by atoms with Crippen LogP contribution in [0.25, 0.3) is 0 Å². The van der Waals surface area contributed by atoms with E-state index in [9.17, 15) is 0 Å². The molecule has 0 unspecified atom stereocenters. The maximum atomic E-state index is 9.13. The fourth-order valence-electron chi connectivity index (χ4n) is 2.67. The number of nitriles is 1. The fourth-order valence-corrected chi connectivity index (χ4v) is 3.07. The zero-order valence-corrected chi connectivity index (χ0v) is 10.4. The van der Waals surface area contributed by atoms with Crippen LogP contribution in [-0.2, 0) is 0 Å². The van der Waals surface area contributed by atoms with E-state index in [4.69, 9.17) is 5.26 Å². The number of rotatable bonds is 0. The fraction of sp³-hybridized carbons (Fsp3) is 0.385. The SMILES string of the molecule is N#C[C@H]1CCCC2=C1N=C1C=CC(Br)=C[C@H]12. The highest BCUT2D eigenvalue weighted by Gasteiger charge is 2.34. The van der Waals surface area contributed by atoms with E-state index in [1.807, 2.05) is 6.08 Å². The minimum atomic E-state index is 0.0161. The highest BCUT2D eigenvalue weighted by molar-refractivity contribution is 9.11. The lowest BCUT2D eigenvalue weighted by atomic mass is 9.82. The second kappa shape index (κ2) is 3.71. The van der Waals surface area contributed by atoms with Gasteiger partial charge in [0.25, 0.3) is 0 Å². The maximum Gasteiger partial charge on any atom is 0.0884 e. The predicted molar refractivity (Wildman–Crippen MR) is 67.1 cm³/mol. The number of halogens is 1. The molecule has 0 saturated carbocycles. The lowest BCUT2D eigenvalue weighted by Gasteiger charge is -2.21. The zero-order chi connectivity index (χ0) is 11.1. The summed E-state index contributed by atoms with van der Waals surface area (Å²) >= 11 is 3.51. The molecule has 0 N–H and O–H groups in total. The molecule has 3 rings (SSSR count). The standard InChI is InChI=1S/C13H11BrN2/c14-9-4-5-12-11(6-9)10-3-1-2-8(7-15)13(10)16-12/h4-6,8,11H,1-3H2/t8-,11+/m1/s1. The summed E-state index contributed by atoms with van der Waals surface area (Å²) in [6, 6.07) is 2.37. The molecule has 3 aliphatic rings. The van der Waals surface area contributed by atoms with E-state index in [-0.39, 0.29) is 5.92 Å². The third kappa shape index (κ3) is 1.41. The first-order chi connectivity index (χ1) is 7.79. The molecule has 0 amide bonds. The van der Waals surface area contributed by atoms with E-state index in [1.54, 1.807) is 0 Å². The summed E-state index contributed by atoms with van der Waals surface area (Å²) in [6.45, 7) is 0. The Bertz CT molecular complexity index is 503. The quantitative estimate of drug-likeness (QED) is 0.666. The topological polar surface area (TPSA) is 36.1 Å². The van der Waals surface area contributed by atoms with Gasteiger partial charge in [-0.3, -0.25) is 4.99 Å². The van der Waals surface area contributed by atoms with Crippen molar-refractivity contribution in [2.75, 3.05) is 0 Å². The second-order valence-corrected chi connectivity index (χ2v) is 5.30. The number of aliphatic imine (C=N–C) groups is 1. The van der Waals surface area contributed by atoms with Crippen molar-refractivity contribution in [2.45, 2.75) is 19.3 Å². The number of allylic oxidation sites excluding steroid dienone is 6. The summed E-state index contributed by atoms with van der Waals surface area (Å²) in [5.41, 5.74) is 3.53. The van der Waals surface area contributed by atoms with Crippen molar-refractivity contribution < 1.29 is 0 Å². The van der Waals surface area contributed by atoms with Gasteiger partial charge in [-0.25, -0.2) is 0 Å². The monoisotopic (exact) mass is 274 g/mol. The molecule has 2 aliphatic carbocycles. The number of fused-ring (bicyclic) bond motifs is 2. The Hall–Kier alpha value is -1.14. The van der Waals surface area contributed by atoms with Crippen LogP contribution in [0.1, 0.15) is 19.3 Å². The molecule has 1 aliphatic heterocycles. The van der Waals surface area contributed by atoms with E-state index in [0.29, 0.717) is 5.92 Å². The van der Waals surface area contributed by atoms with Crippen LogP contribution in [0.2, 0.25) is 0 Å². The second-order valence-electron chi connectivity index (χ2n) is 4.38. The molecule has 3 heteroatoms. The first kappa shape index (κ1) is 10.0. The van der Waals surface area contributed by atoms with Gasteiger partial charge in [-0.2, -0.15) is 5.26 Å². The number of hydrogen-bond donors (Lipinski definition) is 0. The maximum absolute atomic E-state index is 9.13. The van der Waals surface area contributed by atoms with Gasteiger partial charge in [-0.15, -0.1) is 0 Å². The molecule has 0 radical (unpaired) electrons. The van der Waals surface area contributed by atoms with E-state index in [0.717, 1.165) is 35.2 Å². The summed E-state index contributed by atoms with van der Waals surface area (Å²) in [6.07, 6.45) is 9.45. The molecular weight excluding hydrogens is 264 g/mol. The van der Waals surface area contributed by atoms with Gasteiger partial charge in [0, 0.05) is 10.4 Å². The average Bonchev–Trinajstić information content (AvgIpc) is 2.67. The molecule has 0 aromatic rings. The Labute approximate surface area is 103 Å². The lowest BCUT2D eigenvalue weighted by molar-refractivity contribution is 0.576. The summed E-state index contributed by atoms with van der Waals surface area (Å²) in [7, 11) is 0. The number of hydrogen-bond acceptors (Lipinski definition) is 2. The third-order valence-electron chi connectivity index (χ3n) is 3.44. The molecule has 0 saturated heterocycles. The van der Waals surface area contributed by atoms with Crippen molar-refractivity contribution in [3.63, 3.8) is 0 Å². The summed E-state index contributed by atoms with van der Waals surface area (Å²) in [5, 5.41) is 9.13. The van der Waals surface area contributed by atoms with Gasteiger partial charge in [-0.05, 0) is 37.0 Å². The Kier molecular flexibility index (Phi) is 2.33. The first-order valence-corrected chi connectivity index (χ1v) is 6.35. The minimum absolute atomic E-state index is 0.0161. The van der Waals surface area contributed by atoms with Crippen LogP contribution >= 0.6 is 15.9 Å². The van der Waals surface area contributed by atoms with Crippen LogP contribution in [0.15, 0.2) is 39.0 Å². The van der Waals surface area contributed by atoms with Gasteiger partial charge >= 0.3 is 0 Å². The number of nitrogens with zero attached hydrogens (tertiary/aromatic N) is 2. The summed E-state index contributed by atoms with van der Waals surface area (Å²) in [5.74, 6) is 0.341. The Balaban J connectivity index is 2.06. The molecule has 0 aromatic carbocycles. The van der Waals surface area contributed by atoms with E-state index < -0.39 is 0 Å². The molecule has 2 nitrogen and oxygen atoms in total. The highest BCUT2D eigenvalue weighted by atomic mass is 79.9. The normalized spacial score (nSPS) is 31.5. The molecule has 2 atom stereocenters. The Morgan fingerprint density at radius 2 is 2.31 bits per heavy atom. The van der Waals surface area contributed by atoms with Crippen molar-refractivity contribution in [1.29, 1.82) is 5.26 Å². The van der Waals surface area contributed by atoms with Crippen LogP contribution in [0.5, 0.6) is 0 Å². The van der Waals surface area contributed by atoms with Crippen molar-refractivity contribution in [2.24, 2.45) is 16.8 Å². The van der Waals surface area contributed by atoms with E-state index in [1.165, 1.54) is 5.57 Å². The van der Waals surface area contributed by atoms with Gasteiger partial charge in [0.2, 0.25) is 0 Å². The van der Waals surface area contributed by atoms with Crippen LogP contribution in [0, 0.1) is 23.2 Å². The van der Waals surface area contributed by atoms with Gasteiger partial charge in [0.1, 0.15) is 0 Å². The van der Waals surface area contributed by atoms with E-state index >= 15 is 0 Å². The smallest absolute Gasteiger partial charge is 0.0884 e. The average molecular weight is 275 g/mol. The van der Waals surface area contributed by atoms with Crippen LogP contribution in [0.4, 0.5) is 0 Å². The van der Waals surface area contributed by atoms with Crippen LogP contribution in [0.3, 0.4) is 0 Å². The van der Waals surface area contributed by atoms with Gasteiger partial charge in [0.15, 0.2) is 0 Å². The summed E-state index contributed by atoms with van der Waals surface area (Å²) < 4.78 is 1.12.